The van der Waals surface area contributed by atoms with E-state index in [-0.39, 0.29) is 5.91 Å². The number of carbonyl (C=O) groups excluding carboxylic acids is 1. The van der Waals surface area contributed by atoms with Gasteiger partial charge in [-0.25, -0.2) is 15.0 Å². The third-order valence-electron chi connectivity index (χ3n) is 3.28. The van der Waals surface area contributed by atoms with E-state index >= 15 is 0 Å². The van der Waals surface area contributed by atoms with E-state index in [4.69, 9.17) is 0 Å². The van der Waals surface area contributed by atoms with Crippen LogP contribution in [0.5, 0.6) is 0 Å². The van der Waals surface area contributed by atoms with Crippen molar-refractivity contribution in [3.63, 3.8) is 0 Å². The van der Waals surface area contributed by atoms with Gasteiger partial charge >= 0.3 is 0 Å². The maximum absolute atomic E-state index is 12.4. The average Bonchev–Trinajstić information content (AvgIpc) is 3.05. The van der Waals surface area contributed by atoms with Crippen LogP contribution in [0.25, 0.3) is 0 Å². The second-order valence-electron chi connectivity index (χ2n) is 5.46. The standard InChI is InChI=1S/C17H17N5OS/c1-11(2)14-10-24-17(21-14)22-15(23)12-5-3-6-13(9-12)20-16-18-7-4-8-19-16/h3-11H,1-2H3,(H,18,19,20)(H,21,22,23). The lowest BCUT2D eigenvalue weighted by Crippen LogP contribution is -2.12. The summed E-state index contributed by atoms with van der Waals surface area (Å²) in [7, 11) is 0. The van der Waals surface area contributed by atoms with Gasteiger partial charge in [0.1, 0.15) is 0 Å². The molecule has 0 atom stereocenters. The van der Waals surface area contributed by atoms with Crippen molar-refractivity contribution < 1.29 is 4.79 Å². The summed E-state index contributed by atoms with van der Waals surface area (Å²) in [5, 5.41) is 8.47. The minimum Gasteiger partial charge on any atom is -0.324 e. The maximum Gasteiger partial charge on any atom is 0.257 e. The fraction of sp³-hybridized carbons (Fsp3) is 0.176. The zero-order valence-electron chi connectivity index (χ0n) is 13.4. The topological polar surface area (TPSA) is 79.8 Å². The first-order chi connectivity index (χ1) is 11.6. The summed E-state index contributed by atoms with van der Waals surface area (Å²) in [6.45, 7) is 4.14. The summed E-state index contributed by atoms with van der Waals surface area (Å²) in [6.07, 6.45) is 3.31. The molecule has 2 heterocycles. The number of nitrogens with zero attached hydrogens (tertiary/aromatic N) is 3. The van der Waals surface area contributed by atoms with Crippen LogP contribution in [0.1, 0.15) is 35.8 Å². The number of anilines is 3. The number of amides is 1. The summed E-state index contributed by atoms with van der Waals surface area (Å²) >= 11 is 1.43. The number of carbonyl (C=O) groups is 1. The highest BCUT2D eigenvalue weighted by molar-refractivity contribution is 7.14. The number of rotatable bonds is 5. The SMILES string of the molecule is CC(C)c1csc(NC(=O)c2cccc(Nc3ncccn3)c2)n1. The number of hydrogen-bond donors (Lipinski definition) is 2. The quantitative estimate of drug-likeness (QED) is 0.733. The molecule has 0 aliphatic carbocycles. The van der Waals surface area contributed by atoms with Gasteiger partial charge in [-0.1, -0.05) is 19.9 Å². The zero-order valence-corrected chi connectivity index (χ0v) is 14.2. The molecule has 24 heavy (non-hydrogen) atoms. The Labute approximate surface area is 144 Å². The molecule has 0 radical (unpaired) electrons. The fourth-order valence-electron chi connectivity index (χ4n) is 2.01. The molecule has 122 valence electrons. The van der Waals surface area contributed by atoms with Crippen molar-refractivity contribution in [1.29, 1.82) is 0 Å². The summed E-state index contributed by atoms with van der Waals surface area (Å²) in [5.74, 6) is 0.624. The molecule has 0 saturated heterocycles. The maximum atomic E-state index is 12.4. The van der Waals surface area contributed by atoms with Crippen LogP contribution in [0.15, 0.2) is 48.1 Å². The van der Waals surface area contributed by atoms with Gasteiger partial charge in [-0.15, -0.1) is 11.3 Å². The van der Waals surface area contributed by atoms with Gasteiger partial charge in [0.05, 0.1) is 5.69 Å². The zero-order chi connectivity index (χ0) is 16.9. The molecule has 2 aromatic heterocycles. The smallest absolute Gasteiger partial charge is 0.257 e. The molecule has 0 unspecified atom stereocenters. The third kappa shape index (κ3) is 3.94. The molecule has 3 rings (SSSR count). The molecule has 7 heteroatoms. The second-order valence-corrected chi connectivity index (χ2v) is 6.32. The van der Waals surface area contributed by atoms with Crippen molar-refractivity contribution in [1.82, 2.24) is 15.0 Å². The van der Waals surface area contributed by atoms with Gasteiger partial charge in [-0.2, -0.15) is 0 Å². The summed E-state index contributed by atoms with van der Waals surface area (Å²) < 4.78 is 0. The molecule has 2 N–H and O–H groups in total. The molecular weight excluding hydrogens is 322 g/mol. The van der Waals surface area contributed by atoms with Gasteiger partial charge in [0.2, 0.25) is 5.95 Å². The van der Waals surface area contributed by atoms with Crippen LogP contribution >= 0.6 is 11.3 Å². The van der Waals surface area contributed by atoms with E-state index in [1.807, 2.05) is 17.5 Å². The molecule has 0 bridgehead atoms. The van der Waals surface area contributed by atoms with Crippen molar-refractivity contribution >= 4 is 34.0 Å². The molecular formula is C17H17N5OS. The monoisotopic (exact) mass is 339 g/mol. The van der Waals surface area contributed by atoms with E-state index in [9.17, 15) is 4.79 Å². The number of thiazole rings is 1. The molecule has 0 aliphatic rings. The van der Waals surface area contributed by atoms with Crippen LogP contribution in [-0.4, -0.2) is 20.9 Å². The van der Waals surface area contributed by atoms with Crippen LogP contribution in [0.3, 0.4) is 0 Å². The Morgan fingerprint density at radius 3 is 2.67 bits per heavy atom. The number of benzene rings is 1. The lowest BCUT2D eigenvalue weighted by atomic mass is 10.2. The van der Waals surface area contributed by atoms with Gasteiger partial charge in [-0.3, -0.25) is 10.1 Å². The summed E-state index contributed by atoms with van der Waals surface area (Å²) in [4.78, 5) is 25.0. The Kier molecular flexibility index (Phi) is 4.81. The highest BCUT2D eigenvalue weighted by Gasteiger charge is 2.11. The van der Waals surface area contributed by atoms with Crippen molar-refractivity contribution in [2.24, 2.45) is 0 Å². The van der Waals surface area contributed by atoms with Crippen LogP contribution in [0.4, 0.5) is 16.8 Å². The van der Waals surface area contributed by atoms with Crippen molar-refractivity contribution in [2.45, 2.75) is 19.8 Å². The number of aromatic nitrogens is 3. The average molecular weight is 339 g/mol. The Balaban J connectivity index is 1.71. The Hall–Kier alpha value is -2.80. The summed E-state index contributed by atoms with van der Waals surface area (Å²) in [5.41, 5.74) is 2.26. The minimum absolute atomic E-state index is 0.197. The third-order valence-corrected chi connectivity index (χ3v) is 4.06. The van der Waals surface area contributed by atoms with E-state index in [1.165, 1.54) is 11.3 Å². The lowest BCUT2D eigenvalue weighted by molar-refractivity contribution is 0.102. The molecule has 6 nitrogen and oxygen atoms in total. The van der Waals surface area contributed by atoms with Crippen LogP contribution in [0.2, 0.25) is 0 Å². The van der Waals surface area contributed by atoms with E-state index in [1.54, 1.807) is 30.6 Å². The van der Waals surface area contributed by atoms with Crippen LogP contribution in [0, 0.1) is 0 Å². The molecule has 3 aromatic rings. The van der Waals surface area contributed by atoms with E-state index in [0.29, 0.717) is 22.6 Å². The largest absolute Gasteiger partial charge is 0.324 e. The Morgan fingerprint density at radius 2 is 1.96 bits per heavy atom. The first-order valence-electron chi connectivity index (χ1n) is 7.52. The first-order valence-corrected chi connectivity index (χ1v) is 8.40. The van der Waals surface area contributed by atoms with Crippen molar-refractivity contribution in [2.75, 3.05) is 10.6 Å². The Morgan fingerprint density at radius 1 is 1.17 bits per heavy atom. The second kappa shape index (κ2) is 7.18. The van der Waals surface area contributed by atoms with Gasteiger partial charge in [0.15, 0.2) is 5.13 Å². The summed E-state index contributed by atoms with van der Waals surface area (Å²) in [6, 6.07) is 8.91. The predicted molar refractivity (Wildman–Crippen MR) is 95.9 cm³/mol. The molecule has 0 fully saturated rings. The van der Waals surface area contributed by atoms with E-state index < -0.39 is 0 Å². The van der Waals surface area contributed by atoms with Crippen LogP contribution < -0.4 is 10.6 Å². The van der Waals surface area contributed by atoms with Gasteiger partial charge in [0, 0.05) is 29.0 Å². The molecule has 1 amide bonds. The molecule has 0 spiro atoms. The molecule has 0 aliphatic heterocycles. The first kappa shape index (κ1) is 16.1. The van der Waals surface area contributed by atoms with E-state index in [0.717, 1.165) is 11.4 Å². The molecule has 1 aromatic carbocycles. The van der Waals surface area contributed by atoms with E-state index in [2.05, 4.69) is 39.4 Å². The fourth-order valence-corrected chi connectivity index (χ4v) is 2.88. The van der Waals surface area contributed by atoms with Gasteiger partial charge < -0.3 is 5.32 Å². The minimum atomic E-state index is -0.197. The van der Waals surface area contributed by atoms with Crippen molar-refractivity contribution in [3.8, 4) is 0 Å². The van der Waals surface area contributed by atoms with Crippen molar-refractivity contribution in [3.05, 3.63) is 59.4 Å². The lowest BCUT2D eigenvalue weighted by Gasteiger charge is -2.07. The number of nitrogens with one attached hydrogen (secondary N) is 2. The highest BCUT2D eigenvalue weighted by Crippen LogP contribution is 2.22. The molecule has 0 saturated carbocycles. The normalized spacial score (nSPS) is 10.6. The predicted octanol–water partition coefficient (Wildman–Crippen LogP) is 4.05. The van der Waals surface area contributed by atoms with Gasteiger partial charge in [0.25, 0.3) is 5.91 Å². The Bertz CT molecular complexity index is 832. The highest BCUT2D eigenvalue weighted by atomic mass is 32.1. The van der Waals surface area contributed by atoms with Gasteiger partial charge in [-0.05, 0) is 30.2 Å². The number of hydrogen-bond acceptors (Lipinski definition) is 6. The van der Waals surface area contributed by atoms with Crippen LogP contribution in [-0.2, 0) is 0 Å².